The van der Waals surface area contributed by atoms with E-state index in [0.29, 0.717) is 0 Å². The fourth-order valence-corrected chi connectivity index (χ4v) is 0.788. The summed E-state index contributed by atoms with van der Waals surface area (Å²) in [5.74, 6) is 0. The molecular weight excluding hydrogens is 333 g/mol. The van der Waals surface area contributed by atoms with Crippen molar-refractivity contribution in [3.8, 4) is 0 Å². The number of allylic oxidation sites excluding steroid dienone is 4. The van der Waals surface area contributed by atoms with Gasteiger partial charge in [0.2, 0.25) is 0 Å². The Morgan fingerprint density at radius 1 is 1.25 bits per heavy atom. The van der Waals surface area contributed by atoms with Crippen molar-refractivity contribution in [1.82, 2.24) is 0 Å². The molecule has 73 valence electrons. The first-order chi connectivity index (χ1) is 5.16. The van der Waals surface area contributed by atoms with Gasteiger partial charge in [-0.25, -0.2) is 0 Å². The van der Waals surface area contributed by atoms with Gasteiger partial charge < -0.3 is 0 Å². The van der Waals surface area contributed by atoms with Crippen LogP contribution < -0.4 is 0 Å². The summed E-state index contributed by atoms with van der Waals surface area (Å²) >= 11 is 0. The van der Waals surface area contributed by atoms with E-state index in [1.54, 1.807) is 6.08 Å². The summed E-state index contributed by atoms with van der Waals surface area (Å²) in [5, 5.41) is 0. The molecule has 0 unspecified atom stereocenters. The van der Waals surface area contributed by atoms with Crippen molar-refractivity contribution < 1.29 is 27.2 Å². The second-order valence-electron chi connectivity index (χ2n) is 2.97. The molecule has 0 aromatic heterocycles. The zero-order chi connectivity index (χ0) is 8.69. The molecule has 1 nitrogen and oxygen atoms in total. The van der Waals surface area contributed by atoms with Crippen molar-refractivity contribution in [2.45, 2.75) is 33.6 Å². The van der Waals surface area contributed by atoms with Crippen LogP contribution in [-0.2, 0) is 27.2 Å². The summed E-state index contributed by atoms with van der Waals surface area (Å²) in [4.78, 5) is 10.0. The van der Waals surface area contributed by atoms with Crippen molar-refractivity contribution in [2.75, 3.05) is 0 Å². The molecule has 0 rings (SSSR count). The number of aldehydes is 1. The maximum absolute atomic E-state index is 10.0. The molecule has 0 heterocycles. The number of rotatable bonds is 4. The van der Waals surface area contributed by atoms with Gasteiger partial charge in [-0.3, -0.25) is 4.79 Å². The molecule has 0 aliphatic rings. The maximum atomic E-state index is 10.0. The predicted molar refractivity (Wildman–Crippen MR) is 48.5 cm³/mol. The third-order valence-corrected chi connectivity index (χ3v) is 1.44. The van der Waals surface area contributed by atoms with Crippen molar-refractivity contribution in [3.05, 3.63) is 23.3 Å². The average molecular weight is 349 g/mol. The first kappa shape index (κ1) is 14.4. The Morgan fingerprint density at radius 3 is 2.25 bits per heavy atom. The largest absolute Gasteiger partial charge is 0.299 e. The van der Waals surface area contributed by atoms with E-state index in [0.717, 1.165) is 24.7 Å². The smallest absolute Gasteiger partial charge is 0.142 e. The van der Waals surface area contributed by atoms with Gasteiger partial charge in [0, 0.05) is 22.4 Å². The van der Waals surface area contributed by atoms with E-state index in [1.807, 2.05) is 6.92 Å². The normalized spacial score (nSPS) is 10.1. The molecule has 0 bridgehead atoms. The van der Waals surface area contributed by atoms with Crippen molar-refractivity contribution in [3.63, 3.8) is 0 Å². The molecule has 0 aromatic carbocycles. The van der Waals surface area contributed by atoms with Gasteiger partial charge >= 0.3 is 0 Å². The number of hydrogen-bond acceptors (Lipinski definition) is 1. The van der Waals surface area contributed by atoms with Crippen LogP contribution in [0.3, 0.4) is 0 Å². The van der Waals surface area contributed by atoms with Gasteiger partial charge in [-0.2, -0.15) is 0 Å². The monoisotopic (exact) mass is 349 g/mol. The minimum Gasteiger partial charge on any atom is -0.299 e. The van der Waals surface area contributed by atoms with Gasteiger partial charge in [0.05, 0.1) is 0 Å². The average Bonchev–Trinajstić information content (AvgIpc) is 1.87. The molecule has 0 saturated carbocycles. The van der Waals surface area contributed by atoms with Gasteiger partial charge in [-0.1, -0.05) is 17.2 Å². The zero-order valence-corrected chi connectivity index (χ0v) is 10.0. The summed E-state index contributed by atoms with van der Waals surface area (Å²) < 4.78 is 0. The topological polar surface area (TPSA) is 17.1 Å². The van der Waals surface area contributed by atoms with Crippen LogP contribution in [0.15, 0.2) is 23.3 Å². The van der Waals surface area contributed by atoms with Crippen LogP contribution in [0.5, 0.6) is 0 Å². The predicted octanol–water partition coefficient (Wildman–Crippen LogP) is 2.88. The minimum absolute atomic E-state index is 0. The van der Waals surface area contributed by atoms with E-state index in [4.69, 9.17) is 0 Å². The molecule has 0 atom stereocenters. The summed E-state index contributed by atoms with van der Waals surface area (Å²) in [6, 6.07) is 0. The van der Waals surface area contributed by atoms with Crippen LogP contribution in [0.2, 0.25) is 0 Å². The third-order valence-electron chi connectivity index (χ3n) is 1.44. The van der Waals surface area contributed by atoms with E-state index in [-0.39, 0.29) is 22.4 Å². The summed E-state index contributed by atoms with van der Waals surface area (Å²) in [6.45, 7) is 6.14. The van der Waals surface area contributed by atoms with Crippen LogP contribution in [-0.4, -0.2) is 6.29 Å². The molecule has 0 amide bonds. The van der Waals surface area contributed by atoms with Gasteiger partial charge in [0.15, 0.2) is 0 Å². The molecule has 0 aromatic rings. The fraction of sp³-hybridized carbons (Fsp3) is 0.500. The van der Waals surface area contributed by atoms with Crippen LogP contribution >= 0.6 is 0 Å². The Labute approximate surface area is 90.4 Å². The Kier molecular flexibility index (Phi) is 10.8. The second kappa shape index (κ2) is 8.98. The van der Waals surface area contributed by atoms with Crippen LogP contribution in [0.25, 0.3) is 0 Å². The fourth-order valence-electron chi connectivity index (χ4n) is 0.788. The van der Waals surface area contributed by atoms with E-state index in [9.17, 15) is 4.79 Å². The third kappa shape index (κ3) is 9.89. The molecule has 0 saturated heterocycles. The SMILES string of the molecule is CC(C)=CCCC(C)=CC=O.[Au]. The van der Waals surface area contributed by atoms with Gasteiger partial charge in [-0.15, -0.1) is 0 Å². The van der Waals surface area contributed by atoms with E-state index in [1.165, 1.54) is 5.57 Å². The Balaban J connectivity index is 0. The Bertz CT molecular complexity index is 176. The number of hydrogen-bond donors (Lipinski definition) is 0. The molecular formula is C10H16AuO. The number of carbonyl (C=O) groups excluding carboxylic acids is 1. The minimum atomic E-state index is 0. The first-order valence-electron chi connectivity index (χ1n) is 3.91. The first-order valence-corrected chi connectivity index (χ1v) is 3.91. The molecule has 12 heavy (non-hydrogen) atoms. The summed E-state index contributed by atoms with van der Waals surface area (Å²) in [5.41, 5.74) is 2.49. The van der Waals surface area contributed by atoms with E-state index in [2.05, 4.69) is 19.9 Å². The van der Waals surface area contributed by atoms with Gasteiger partial charge in [0.25, 0.3) is 0 Å². The van der Waals surface area contributed by atoms with Crippen LogP contribution in [0.1, 0.15) is 33.6 Å². The Hall–Kier alpha value is -0.110. The van der Waals surface area contributed by atoms with Gasteiger partial charge in [-0.05, 0) is 39.7 Å². The summed E-state index contributed by atoms with van der Waals surface area (Å²) in [7, 11) is 0. The molecule has 0 spiro atoms. The van der Waals surface area contributed by atoms with Crippen molar-refractivity contribution >= 4 is 6.29 Å². The molecule has 1 radical (unpaired) electrons. The molecule has 2 heteroatoms. The number of carbonyl (C=O) groups is 1. The summed E-state index contributed by atoms with van der Waals surface area (Å²) in [6.07, 6.45) is 6.68. The molecule has 0 aliphatic carbocycles. The van der Waals surface area contributed by atoms with Crippen molar-refractivity contribution in [1.29, 1.82) is 0 Å². The van der Waals surface area contributed by atoms with Crippen LogP contribution in [0, 0.1) is 0 Å². The molecule has 0 N–H and O–H groups in total. The van der Waals surface area contributed by atoms with E-state index >= 15 is 0 Å². The standard InChI is InChI=1S/C10H16O.Au/c1-9(2)5-4-6-10(3)7-8-11;/h5,7-8H,4,6H2,1-3H3;. The maximum Gasteiger partial charge on any atom is 0.142 e. The molecule has 0 fully saturated rings. The Morgan fingerprint density at radius 2 is 1.83 bits per heavy atom. The van der Waals surface area contributed by atoms with Crippen molar-refractivity contribution in [2.24, 2.45) is 0 Å². The van der Waals surface area contributed by atoms with E-state index < -0.39 is 0 Å². The van der Waals surface area contributed by atoms with Crippen LogP contribution in [0.4, 0.5) is 0 Å². The van der Waals surface area contributed by atoms with Gasteiger partial charge in [0.1, 0.15) is 6.29 Å². The zero-order valence-electron chi connectivity index (χ0n) is 7.86. The quantitative estimate of drug-likeness (QED) is 0.330. The second-order valence-corrected chi connectivity index (χ2v) is 2.97. The molecule has 0 aliphatic heterocycles.